The number of piperidine rings is 1. The van der Waals surface area contributed by atoms with E-state index in [1.807, 2.05) is 18.2 Å². The summed E-state index contributed by atoms with van der Waals surface area (Å²) in [5.74, 6) is 0.391. The van der Waals surface area contributed by atoms with Crippen molar-refractivity contribution in [3.8, 4) is 0 Å². The second-order valence-electron chi connectivity index (χ2n) is 7.81. The molecule has 0 amide bonds. The lowest BCUT2D eigenvalue weighted by atomic mass is 9.66. The van der Waals surface area contributed by atoms with E-state index in [-0.39, 0.29) is 12.1 Å². The Hall–Kier alpha value is -1.35. The van der Waals surface area contributed by atoms with E-state index in [4.69, 9.17) is 4.74 Å². The molecule has 3 nitrogen and oxygen atoms in total. The molecule has 1 saturated heterocycles. The molecule has 2 aliphatic rings. The minimum Gasteiger partial charge on any atom is -0.462 e. The molecular formula is C21H31NO2. The number of esters is 1. The topological polar surface area (TPSA) is 29.5 Å². The molecule has 0 bridgehead atoms. The van der Waals surface area contributed by atoms with E-state index in [1.165, 1.54) is 19.3 Å². The van der Waals surface area contributed by atoms with Gasteiger partial charge in [0.05, 0.1) is 5.41 Å². The van der Waals surface area contributed by atoms with Gasteiger partial charge < -0.3 is 9.64 Å². The van der Waals surface area contributed by atoms with Crippen LogP contribution in [0.15, 0.2) is 30.3 Å². The molecule has 132 valence electrons. The normalized spacial score (nSPS) is 23.6. The third kappa shape index (κ3) is 3.66. The van der Waals surface area contributed by atoms with Crippen LogP contribution < -0.4 is 0 Å². The molecule has 1 aromatic rings. The van der Waals surface area contributed by atoms with Crippen LogP contribution in [0.4, 0.5) is 0 Å². The second-order valence-corrected chi connectivity index (χ2v) is 7.81. The lowest BCUT2D eigenvalue weighted by molar-refractivity contribution is -0.160. The van der Waals surface area contributed by atoms with Crippen LogP contribution in [-0.4, -0.2) is 37.1 Å². The first-order chi connectivity index (χ1) is 11.6. The maximum Gasteiger partial charge on any atom is 0.316 e. The Morgan fingerprint density at radius 3 is 2.29 bits per heavy atom. The molecule has 1 atom stereocenters. The second kappa shape index (κ2) is 7.69. The molecule has 0 N–H and O–H groups in total. The van der Waals surface area contributed by atoms with Crippen LogP contribution in [0.1, 0.15) is 57.4 Å². The van der Waals surface area contributed by atoms with Gasteiger partial charge in [0.2, 0.25) is 0 Å². The zero-order valence-corrected chi connectivity index (χ0v) is 15.2. The molecule has 1 heterocycles. The number of likely N-dealkylation sites (tertiary alicyclic amines) is 1. The third-order valence-electron chi connectivity index (χ3n) is 6.16. The lowest BCUT2D eigenvalue weighted by Crippen LogP contribution is -2.45. The van der Waals surface area contributed by atoms with Crippen molar-refractivity contribution >= 4 is 5.97 Å². The smallest absolute Gasteiger partial charge is 0.316 e. The summed E-state index contributed by atoms with van der Waals surface area (Å²) in [7, 11) is 2.13. The Morgan fingerprint density at radius 2 is 1.67 bits per heavy atom. The lowest BCUT2D eigenvalue weighted by Gasteiger charge is -2.40. The zero-order chi connectivity index (χ0) is 17.0. The molecule has 2 fully saturated rings. The van der Waals surface area contributed by atoms with Gasteiger partial charge in [-0.1, -0.05) is 49.6 Å². The highest BCUT2D eigenvalue weighted by Gasteiger charge is 2.45. The molecule has 0 radical (unpaired) electrons. The first-order valence-electron chi connectivity index (χ1n) is 9.56. The van der Waals surface area contributed by atoms with Crippen molar-refractivity contribution in [3.05, 3.63) is 35.9 Å². The summed E-state index contributed by atoms with van der Waals surface area (Å²) >= 11 is 0. The summed E-state index contributed by atoms with van der Waals surface area (Å²) in [6, 6.07) is 10.3. The van der Waals surface area contributed by atoms with Gasteiger partial charge >= 0.3 is 5.97 Å². The van der Waals surface area contributed by atoms with Gasteiger partial charge in [-0.2, -0.15) is 0 Å². The van der Waals surface area contributed by atoms with Gasteiger partial charge in [-0.15, -0.1) is 0 Å². The van der Waals surface area contributed by atoms with Crippen molar-refractivity contribution in [1.82, 2.24) is 4.90 Å². The van der Waals surface area contributed by atoms with Crippen molar-refractivity contribution in [1.29, 1.82) is 0 Å². The van der Waals surface area contributed by atoms with Crippen molar-refractivity contribution < 1.29 is 9.53 Å². The zero-order valence-electron chi connectivity index (χ0n) is 15.2. The Bertz CT molecular complexity index is 530. The van der Waals surface area contributed by atoms with Crippen LogP contribution in [-0.2, 0) is 14.9 Å². The minimum atomic E-state index is -0.509. The molecule has 1 saturated carbocycles. The van der Waals surface area contributed by atoms with E-state index < -0.39 is 5.41 Å². The Morgan fingerprint density at radius 1 is 1.04 bits per heavy atom. The van der Waals surface area contributed by atoms with Gasteiger partial charge in [0.1, 0.15) is 6.10 Å². The summed E-state index contributed by atoms with van der Waals surface area (Å²) in [6.07, 6.45) is 8.02. The number of nitrogens with zero attached hydrogens (tertiary/aromatic N) is 1. The van der Waals surface area contributed by atoms with E-state index in [0.717, 1.165) is 44.3 Å². The maximum absolute atomic E-state index is 13.3. The number of ether oxygens (including phenoxy) is 1. The average molecular weight is 329 g/mol. The summed E-state index contributed by atoms with van der Waals surface area (Å²) in [4.78, 5) is 15.6. The van der Waals surface area contributed by atoms with Gasteiger partial charge in [0.15, 0.2) is 0 Å². The average Bonchev–Trinajstić information content (AvgIpc) is 2.64. The number of hydrogen-bond donors (Lipinski definition) is 0. The Labute approximate surface area is 146 Å². The molecule has 0 spiro atoms. The molecule has 0 aromatic heterocycles. The molecule has 1 aliphatic carbocycles. The van der Waals surface area contributed by atoms with Crippen LogP contribution in [0.3, 0.4) is 0 Å². The van der Waals surface area contributed by atoms with Crippen LogP contribution in [0.2, 0.25) is 0 Å². The van der Waals surface area contributed by atoms with Crippen LogP contribution in [0.5, 0.6) is 0 Å². The number of rotatable bonds is 4. The Kier molecular flexibility index (Phi) is 5.60. The number of benzene rings is 1. The van der Waals surface area contributed by atoms with Crippen LogP contribution >= 0.6 is 0 Å². The van der Waals surface area contributed by atoms with Gasteiger partial charge in [-0.05, 0) is 51.1 Å². The highest BCUT2D eigenvalue weighted by atomic mass is 16.5. The first kappa shape index (κ1) is 17.5. The minimum absolute atomic E-state index is 0.00449. The van der Waals surface area contributed by atoms with Crippen LogP contribution in [0.25, 0.3) is 0 Å². The predicted molar refractivity (Wildman–Crippen MR) is 97.0 cm³/mol. The van der Waals surface area contributed by atoms with E-state index in [1.54, 1.807) is 0 Å². The van der Waals surface area contributed by atoms with Crippen molar-refractivity contribution in [2.45, 2.75) is 63.4 Å². The quantitative estimate of drug-likeness (QED) is 0.777. The standard InChI is InChI=1S/C21H31NO2/c1-21(17-9-5-3-6-10-17,18-11-7-4-8-12-18)20(23)24-19-13-15-22(2)16-14-19/h3,5-6,9-10,18-19H,4,7-8,11-16H2,1-2H3/t21-/m0/s1. The van der Waals surface area contributed by atoms with Gasteiger partial charge in [-0.25, -0.2) is 0 Å². The van der Waals surface area contributed by atoms with Crippen molar-refractivity contribution in [2.75, 3.05) is 20.1 Å². The largest absolute Gasteiger partial charge is 0.462 e. The highest BCUT2D eigenvalue weighted by Crippen LogP contribution is 2.42. The van der Waals surface area contributed by atoms with Gasteiger partial charge in [0, 0.05) is 13.1 Å². The fraction of sp³-hybridized carbons (Fsp3) is 0.667. The number of carbonyl (C=O) groups is 1. The maximum atomic E-state index is 13.3. The summed E-state index contributed by atoms with van der Waals surface area (Å²) < 4.78 is 6.05. The fourth-order valence-corrected chi connectivity index (χ4v) is 4.36. The molecule has 3 rings (SSSR count). The van der Waals surface area contributed by atoms with Gasteiger partial charge in [0.25, 0.3) is 0 Å². The summed E-state index contributed by atoms with van der Waals surface area (Å²) in [6.45, 7) is 4.16. The van der Waals surface area contributed by atoms with E-state index >= 15 is 0 Å². The molecular weight excluding hydrogens is 298 g/mol. The van der Waals surface area contributed by atoms with E-state index in [2.05, 4.69) is 31.0 Å². The third-order valence-corrected chi connectivity index (χ3v) is 6.16. The highest BCUT2D eigenvalue weighted by molar-refractivity contribution is 5.83. The number of carbonyl (C=O) groups excluding carboxylic acids is 1. The van der Waals surface area contributed by atoms with E-state index in [9.17, 15) is 4.79 Å². The van der Waals surface area contributed by atoms with Crippen LogP contribution in [0, 0.1) is 5.92 Å². The summed E-state index contributed by atoms with van der Waals surface area (Å²) in [5, 5.41) is 0. The predicted octanol–water partition coefficient (Wildman–Crippen LogP) is 4.16. The first-order valence-corrected chi connectivity index (χ1v) is 9.56. The Balaban J connectivity index is 1.80. The van der Waals surface area contributed by atoms with E-state index in [0.29, 0.717) is 5.92 Å². The molecule has 24 heavy (non-hydrogen) atoms. The molecule has 1 aliphatic heterocycles. The fourth-order valence-electron chi connectivity index (χ4n) is 4.36. The summed E-state index contributed by atoms with van der Waals surface area (Å²) in [5.41, 5.74) is 0.611. The SMILES string of the molecule is CN1CCC(OC(=O)[C@@](C)(c2ccccc2)C2CCCCC2)CC1. The van der Waals surface area contributed by atoms with Gasteiger partial charge in [-0.3, -0.25) is 4.79 Å². The van der Waals surface area contributed by atoms with Crippen molar-refractivity contribution in [2.24, 2.45) is 5.92 Å². The molecule has 0 unspecified atom stereocenters. The monoisotopic (exact) mass is 329 g/mol. The molecule has 1 aromatic carbocycles. The molecule has 3 heteroatoms. The van der Waals surface area contributed by atoms with Crippen molar-refractivity contribution in [3.63, 3.8) is 0 Å². The number of hydrogen-bond acceptors (Lipinski definition) is 3.